The molecule has 30 heavy (non-hydrogen) atoms. The molecule has 0 aliphatic heterocycles. The number of nitrogens with one attached hydrogen (secondary N) is 2. The number of para-hydroxylation sites is 2. The van der Waals surface area contributed by atoms with E-state index in [9.17, 15) is 14.0 Å². The van der Waals surface area contributed by atoms with E-state index in [0.29, 0.717) is 26.8 Å². The first-order valence-electron chi connectivity index (χ1n) is 8.95. The second-order valence-electron chi connectivity index (χ2n) is 6.41. The van der Waals surface area contributed by atoms with Crippen LogP contribution >= 0.6 is 11.3 Å². The summed E-state index contributed by atoms with van der Waals surface area (Å²) >= 11 is 1.14. The highest BCUT2D eigenvalue weighted by Crippen LogP contribution is 2.29. The Morgan fingerprint density at radius 1 is 1.03 bits per heavy atom. The molecule has 2 aromatic carbocycles. The van der Waals surface area contributed by atoms with Crippen LogP contribution in [-0.4, -0.2) is 26.8 Å². The topological polar surface area (TPSA) is 88.9 Å². The summed E-state index contributed by atoms with van der Waals surface area (Å²) in [4.78, 5) is 25.7. The van der Waals surface area contributed by atoms with Crippen LogP contribution in [0.4, 0.5) is 15.1 Å². The summed E-state index contributed by atoms with van der Waals surface area (Å²) in [6.07, 6.45) is 3.23. The van der Waals surface area contributed by atoms with Crippen LogP contribution in [0, 0.1) is 12.7 Å². The Balaban J connectivity index is 1.53. The number of halogens is 1. The molecule has 0 atom stereocenters. The van der Waals surface area contributed by atoms with Crippen LogP contribution in [-0.2, 0) is 0 Å². The van der Waals surface area contributed by atoms with Crippen LogP contribution in [0.15, 0.2) is 67.0 Å². The lowest BCUT2D eigenvalue weighted by molar-refractivity contribution is 0.101. The van der Waals surface area contributed by atoms with E-state index in [4.69, 9.17) is 0 Å². The average molecular weight is 421 g/mol. The molecule has 2 N–H and O–H groups in total. The third-order valence-corrected chi connectivity index (χ3v) is 5.42. The van der Waals surface area contributed by atoms with Crippen molar-refractivity contribution in [2.24, 2.45) is 0 Å². The lowest BCUT2D eigenvalue weighted by atomic mass is 10.2. The van der Waals surface area contributed by atoms with Gasteiger partial charge in [0, 0.05) is 5.56 Å². The zero-order valence-electron chi connectivity index (χ0n) is 15.8. The Labute approximate surface area is 175 Å². The van der Waals surface area contributed by atoms with Crippen LogP contribution in [0.25, 0.3) is 5.69 Å². The number of aryl methyl sites for hydroxylation is 1. The van der Waals surface area contributed by atoms with E-state index in [1.54, 1.807) is 36.1 Å². The number of hydrogen-bond acceptors (Lipinski definition) is 5. The molecule has 0 aliphatic rings. The van der Waals surface area contributed by atoms with Gasteiger partial charge in [-0.05, 0) is 48.9 Å². The molecule has 7 nitrogen and oxygen atoms in total. The van der Waals surface area contributed by atoms with E-state index in [1.165, 1.54) is 18.2 Å². The molecular formula is C21H16FN5O2S. The molecule has 0 spiro atoms. The molecule has 9 heteroatoms. The Hall–Kier alpha value is -3.85. The minimum absolute atomic E-state index is 0.203. The molecule has 4 rings (SSSR count). The van der Waals surface area contributed by atoms with Crippen LogP contribution in [0.2, 0.25) is 0 Å². The summed E-state index contributed by atoms with van der Waals surface area (Å²) in [5, 5.41) is 13.8. The van der Waals surface area contributed by atoms with E-state index < -0.39 is 11.7 Å². The monoisotopic (exact) mass is 421 g/mol. The van der Waals surface area contributed by atoms with Gasteiger partial charge < -0.3 is 10.6 Å². The van der Waals surface area contributed by atoms with Crippen molar-refractivity contribution < 1.29 is 14.0 Å². The standard InChI is InChI=1S/C21H16FN5O2S/c1-13-11-18(25-20(28)14-5-4-6-15(22)12-14)30-19(13)21(29)24-16-7-2-3-8-17(16)27-10-9-23-26-27/h2-12H,1H3,(H,24,29)(H,25,28). The van der Waals surface area contributed by atoms with Gasteiger partial charge in [-0.1, -0.05) is 23.4 Å². The SMILES string of the molecule is Cc1cc(NC(=O)c2cccc(F)c2)sc1C(=O)Nc1ccccc1-n1ccnn1. The van der Waals surface area contributed by atoms with Crippen molar-refractivity contribution in [1.82, 2.24) is 15.0 Å². The fraction of sp³-hybridized carbons (Fsp3) is 0.0476. The quantitative estimate of drug-likeness (QED) is 0.503. The summed E-state index contributed by atoms with van der Waals surface area (Å²) in [5.41, 5.74) is 2.17. The molecule has 2 heterocycles. The third kappa shape index (κ3) is 4.11. The lowest BCUT2D eigenvalue weighted by Gasteiger charge is -2.10. The van der Waals surface area contributed by atoms with Gasteiger partial charge in [-0.3, -0.25) is 9.59 Å². The number of hydrogen-bond donors (Lipinski definition) is 2. The fourth-order valence-corrected chi connectivity index (χ4v) is 3.84. The smallest absolute Gasteiger partial charge is 0.266 e. The van der Waals surface area contributed by atoms with Crippen molar-refractivity contribution in [3.63, 3.8) is 0 Å². The predicted octanol–water partition coefficient (Wildman–Crippen LogP) is 4.28. The van der Waals surface area contributed by atoms with E-state index >= 15 is 0 Å². The number of carbonyl (C=O) groups excluding carboxylic acids is 2. The predicted molar refractivity (Wildman–Crippen MR) is 113 cm³/mol. The van der Waals surface area contributed by atoms with Crippen molar-refractivity contribution in [1.29, 1.82) is 0 Å². The van der Waals surface area contributed by atoms with Gasteiger partial charge in [-0.25, -0.2) is 9.07 Å². The number of thiophene rings is 1. The summed E-state index contributed by atoms with van der Waals surface area (Å²) in [6.45, 7) is 1.78. The molecule has 0 saturated heterocycles. The Bertz CT molecular complexity index is 1220. The Morgan fingerprint density at radius 3 is 2.63 bits per heavy atom. The molecular weight excluding hydrogens is 405 g/mol. The Kier molecular flexibility index (Phi) is 5.36. The van der Waals surface area contributed by atoms with E-state index in [2.05, 4.69) is 20.9 Å². The minimum atomic E-state index is -0.490. The van der Waals surface area contributed by atoms with Gasteiger partial charge >= 0.3 is 0 Å². The van der Waals surface area contributed by atoms with Crippen molar-refractivity contribution in [2.75, 3.05) is 10.6 Å². The highest BCUT2D eigenvalue weighted by atomic mass is 32.1. The van der Waals surface area contributed by atoms with Crippen LogP contribution in [0.5, 0.6) is 0 Å². The van der Waals surface area contributed by atoms with E-state index in [-0.39, 0.29) is 11.5 Å². The molecule has 0 unspecified atom stereocenters. The highest BCUT2D eigenvalue weighted by molar-refractivity contribution is 7.18. The zero-order valence-corrected chi connectivity index (χ0v) is 16.6. The number of rotatable bonds is 5. The van der Waals surface area contributed by atoms with E-state index in [1.807, 2.05) is 18.2 Å². The second kappa shape index (κ2) is 8.26. The number of benzene rings is 2. The maximum atomic E-state index is 13.3. The summed E-state index contributed by atoms with van der Waals surface area (Å²) in [7, 11) is 0. The van der Waals surface area contributed by atoms with Crippen molar-refractivity contribution >= 4 is 33.8 Å². The summed E-state index contributed by atoms with van der Waals surface area (Å²) in [6, 6.07) is 14.4. The lowest BCUT2D eigenvalue weighted by Crippen LogP contribution is -2.13. The number of aromatic nitrogens is 3. The number of amides is 2. The molecule has 0 aliphatic carbocycles. The van der Waals surface area contributed by atoms with Gasteiger partial charge in [0.25, 0.3) is 11.8 Å². The average Bonchev–Trinajstić information content (AvgIpc) is 3.38. The first-order chi connectivity index (χ1) is 14.5. The molecule has 0 saturated carbocycles. The van der Waals surface area contributed by atoms with Crippen molar-refractivity contribution in [3.8, 4) is 5.69 Å². The molecule has 150 valence electrons. The second-order valence-corrected chi connectivity index (χ2v) is 7.46. The molecule has 2 aromatic heterocycles. The minimum Gasteiger partial charge on any atom is -0.319 e. The van der Waals surface area contributed by atoms with Gasteiger partial charge in [0.1, 0.15) is 5.82 Å². The third-order valence-electron chi connectivity index (χ3n) is 4.27. The van der Waals surface area contributed by atoms with E-state index in [0.717, 1.165) is 17.4 Å². The maximum absolute atomic E-state index is 13.3. The van der Waals surface area contributed by atoms with Gasteiger partial charge in [-0.2, -0.15) is 0 Å². The summed E-state index contributed by atoms with van der Waals surface area (Å²) < 4.78 is 14.9. The normalized spacial score (nSPS) is 10.6. The van der Waals surface area contributed by atoms with Crippen LogP contribution in [0.1, 0.15) is 25.6 Å². The van der Waals surface area contributed by atoms with Crippen molar-refractivity contribution in [2.45, 2.75) is 6.92 Å². The molecule has 4 aromatic rings. The Morgan fingerprint density at radius 2 is 1.87 bits per heavy atom. The maximum Gasteiger partial charge on any atom is 0.266 e. The number of nitrogens with zero attached hydrogens (tertiary/aromatic N) is 3. The van der Waals surface area contributed by atoms with Gasteiger partial charge in [-0.15, -0.1) is 16.4 Å². The van der Waals surface area contributed by atoms with Gasteiger partial charge in [0.05, 0.1) is 33.6 Å². The zero-order chi connectivity index (χ0) is 21.1. The van der Waals surface area contributed by atoms with Gasteiger partial charge in [0.2, 0.25) is 0 Å². The van der Waals surface area contributed by atoms with Gasteiger partial charge in [0.15, 0.2) is 0 Å². The van der Waals surface area contributed by atoms with Crippen molar-refractivity contribution in [3.05, 3.63) is 88.8 Å². The molecule has 0 fully saturated rings. The first kappa shape index (κ1) is 19.5. The van der Waals surface area contributed by atoms with Crippen LogP contribution in [0.3, 0.4) is 0 Å². The molecule has 0 radical (unpaired) electrons. The highest BCUT2D eigenvalue weighted by Gasteiger charge is 2.17. The van der Waals surface area contributed by atoms with Crippen LogP contribution < -0.4 is 10.6 Å². The largest absolute Gasteiger partial charge is 0.319 e. The summed E-state index contributed by atoms with van der Waals surface area (Å²) in [5.74, 6) is -1.24. The molecule has 0 bridgehead atoms. The fourth-order valence-electron chi connectivity index (χ4n) is 2.88. The number of carbonyl (C=O) groups is 2. The first-order valence-corrected chi connectivity index (χ1v) is 9.77. The molecule has 2 amide bonds. The number of anilines is 2.